The molecule has 0 heterocycles. The van der Waals surface area contributed by atoms with Gasteiger partial charge in [0.1, 0.15) is 10.1 Å². The van der Waals surface area contributed by atoms with E-state index in [0.29, 0.717) is 0 Å². The van der Waals surface area contributed by atoms with Gasteiger partial charge in [-0.3, -0.25) is 0 Å². The molecule has 0 spiro atoms. The van der Waals surface area contributed by atoms with E-state index >= 15 is 0 Å². The minimum Gasteiger partial charge on any atom is -0.746 e. The Kier molecular flexibility index (Phi) is 11.2. The minimum absolute atomic E-state index is 0. The predicted octanol–water partition coefficient (Wildman–Crippen LogP) is 0.0983. The van der Waals surface area contributed by atoms with Crippen molar-refractivity contribution in [2.24, 2.45) is 0 Å². The van der Waals surface area contributed by atoms with Crippen LogP contribution in [0.3, 0.4) is 0 Å². The first-order valence-electron chi connectivity index (χ1n) is 6.21. The van der Waals surface area contributed by atoms with Gasteiger partial charge in [0.2, 0.25) is 6.17 Å². The zero-order chi connectivity index (χ0) is 21.2. The van der Waals surface area contributed by atoms with E-state index in [0.717, 1.165) is 0 Å². The second-order valence-corrected chi connectivity index (χ2v) is 6.29. The van der Waals surface area contributed by atoms with Gasteiger partial charge in [0.25, 0.3) is 11.9 Å². The molecule has 27 heavy (non-hydrogen) atoms. The zero-order valence-electron chi connectivity index (χ0n) is 12.9. The predicted molar refractivity (Wildman–Crippen MR) is 59.8 cm³/mol. The van der Waals surface area contributed by atoms with Crippen molar-refractivity contribution in [2.75, 3.05) is 0 Å². The maximum Gasteiger partial charge on any atom is 1.00 e. The molecule has 0 bridgehead atoms. The molecule has 0 aromatic rings. The molecule has 158 valence electrons. The summed E-state index contributed by atoms with van der Waals surface area (Å²) in [6, 6.07) is 0. The van der Waals surface area contributed by atoms with Crippen LogP contribution in [0.2, 0.25) is 0 Å². The van der Waals surface area contributed by atoms with E-state index in [4.69, 9.17) is 0 Å². The molecule has 0 aliphatic carbocycles. The first-order valence-corrected chi connectivity index (χ1v) is 7.68. The first-order chi connectivity index (χ1) is 11.5. The van der Waals surface area contributed by atoms with Gasteiger partial charge in [-0.15, -0.1) is 0 Å². The molecule has 0 aromatic carbocycles. The molecule has 0 aliphatic heterocycles. The molecule has 0 radical (unpaired) electrons. The minimum atomic E-state index is -6.59. The summed E-state index contributed by atoms with van der Waals surface area (Å²) in [6.45, 7) is 0. The fraction of sp³-hybridized carbons (Fsp3) is 1.00. The van der Waals surface area contributed by atoms with Crippen molar-refractivity contribution in [1.29, 1.82) is 0 Å². The fourth-order valence-electron chi connectivity index (χ4n) is 1.53. The van der Waals surface area contributed by atoms with Gasteiger partial charge in [0, 0.05) is 0 Å². The molecule has 0 rings (SSSR count). The van der Waals surface area contributed by atoms with Crippen LogP contribution in [0.4, 0.5) is 52.7 Å². The summed E-state index contributed by atoms with van der Waals surface area (Å²) in [4.78, 5) is 0. The average molecular weight is 444 g/mol. The summed E-state index contributed by atoms with van der Waals surface area (Å²) < 4.78 is 184. The molecular weight excluding hydrogens is 435 g/mol. The first kappa shape index (κ1) is 28.9. The van der Waals surface area contributed by atoms with Crippen LogP contribution in [0, 0.1) is 0 Å². The number of alkyl halides is 12. The molecule has 8 unspecified atom stereocenters. The summed E-state index contributed by atoms with van der Waals surface area (Å²) in [5.41, 5.74) is -4.95. The molecule has 0 N–H and O–H groups in total. The van der Waals surface area contributed by atoms with Gasteiger partial charge < -0.3 is 4.55 Å². The Balaban J connectivity index is 0. The molecule has 17 heteroatoms. The normalized spacial score (nSPS) is 22.1. The quantitative estimate of drug-likeness (QED) is 0.273. The van der Waals surface area contributed by atoms with Crippen LogP contribution in [-0.4, -0.2) is 74.0 Å². The summed E-state index contributed by atoms with van der Waals surface area (Å²) in [5.74, 6) is -6.07. The van der Waals surface area contributed by atoms with Crippen molar-refractivity contribution in [3.05, 3.63) is 0 Å². The fourth-order valence-corrected chi connectivity index (χ4v) is 2.05. The summed E-state index contributed by atoms with van der Waals surface area (Å²) in [5, 5.41) is 0. The van der Waals surface area contributed by atoms with Gasteiger partial charge >= 0.3 is 24.8 Å². The van der Waals surface area contributed by atoms with Crippen molar-refractivity contribution in [3.63, 3.8) is 0 Å². The molecular formula is C10H9F12LiO3S. The Morgan fingerprint density at radius 2 is 0.926 bits per heavy atom. The molecule has 0 amide bonds. The van der Waals surface area contributed by atoms with Gasteiger partial charge in [-0.25, -0.2) is 52.3 Å². The maximum absolute atomic E-state index is 13.2. The third-order valence-corrected chi connectivity index (χ3v) is 3.79. The number of hydrogen-bond acceptors (Lipinski definition) is 3. The van der Waals surface area contributed by atoms with Crippen molar-refractivity contribution >= 4 is 10.1 Å². The standard InChI is InChI=1S/C10H10F12O3S.Li/c11-1(2(12)4(14)6(16)8(18)19)3(13)5(15)7(17)10(21,22)9(20)26(23,24)25;/h1-9H,(H,23,24,25);/q;+1/p-1. The van der Waals surface area contributed by atoms with Crippen molar-refractivity contribution in [2.45, 2.75) is 61.1 Å². The summed E-state index contributed by atoms with van der Waals surface area (Å²) in [7, 11) is -6.59. The second-order valence-electron chi connectivity index (χ2n) is 4.89. The molecule has 0 aromatic heterocycles. The summed E-state index contributed by atoms with van der Waals surface area (Å²) >= 11 is 0. The van der Waals surface area contributed by atoms with E-state index in [1.54, 1.807) is 0 Å². The van der Waals surface area contributed by atoms with Crippen LogP contribution in [0.25, 0.3) is 0 Å². The van der Waals surface area contributed by atoms with Crippen LogP contribution in [0.15, 0.2) is 0 Å². The van der Waals surface area contributed by atoms with Gasteiger partial charge in [-0.05, 0) is 0 Å². The van der Waals surface area contributed by atoms with Crippen LogP contribution < -0.4 is 18.9 Å². The summed E-state index contributed by atoms with van der Waals surface area (Å²) in [6.07, 6.45) is -34.8. The smallest absolute Gasteiger partial charge is 0.746 e. The van der Waals surface area contributed by atoms with Crippen LogP contribution >= 0.6 is 0 Å². The molecule has 0 saturated carbocycles. The molecule has 0 fully saturated rings. The third-order valence-electron chi connectivity index (χ3n) is 2.97. The van der Waals surface area contributed by atoms with E-state index in [-0.39, 0.29) is 18.9 Å². The molecule has 0 saturated heterocycles. The Morgan fingerprint density at radius 3 is 1.22 bits per heavy atom. The van der Waals surface area contributed by atoms with Gasteiger partial charge in [0.05, 0.1) is 0 Å². The maximum atomic E-state index is 13.2. The van der Waals surface area contributed by atoms with Crippen LogP contribution in [0.5, 0.6) is 0 Å². The molecule has 3 nitrogen and oxygen atoms in total. The van der Waals surface area contributed by atoms with E-state index in [9.17, 15) is 65.7 Å². The van der Waals surface area contributed by atoms with Crippen molar-refractivity contribution in [1.82, 2.24) is 0 Å². The van der Waals surface area contributed by atoms with Crippen molar-refractivity contribution in [3.8, 4) is 0 Å². The van der Waals surface area contributed by atoms with Crippen LogP contribution in [0.1, 0.15) is 0 Å². The van der Waals surface area contributed by atoms with E-state index in [1.807, 2.05) is 0 Å². The number of rotatable bonds is 10. The average Bonchev–Trinajstić information content (AvgIpc) is 2.54. The largest absolute Gasteiger partial charge is 1.00 e. The van der Waals surface area contributed by atoms with Gasteiger partial charge in [0.15, 0.2) is 37.0 Å². The van der Waals surface area contributed by atoms with Crippen molar-refractivity contribution < 1.29 is 84.5 Å². The Morgan fingerprint density at radius 1 is 0.630 bits per heavy atom. The van der Waals surface area contributed by atoms with E-state index in [2.05, 4.69) is 0 Å². The number of halogens is 12. The Hall–Kier alpha value is -0.333. The Labute approximate surface area is 156 Å². The van der Waals surface area contributed by atoms with Gasteiger partial charge in [-0.2, -0.15) is 8.78 Å². The Bertz CT molecular complexity index is 552. The van der Waals surface area contributed by atoms with Gasteiger partial charge in [-0.1, -0.05) is 0 Å². The zero-order valence-corrected chi connectivity index (χ0v) is 13.7. The molecule has 0 aliphatic rings. The SMILES string of the molecule is O=S(=O)([O-])C(F)C(F)(F)C(F)C(F)C(F)C(F)C(F)C(F)C(F)C(F)F.[Li+]. The third kappa shape index (κ3) is 6.89. The monoisotopic (exact) mass is 444 g/mol. The van der Waals surface area contributed by atoms with Crippen LogP contribution in [-0.2, 0) is 10.1 Å². The second kappa shape index (κ2) is 10.4. The van der Waals surface area contributed by atoms with E-state index in [1.165, 1.54) is 0 Å². The molecule has 8 atom stereocenters. The number of hydrogen-bond donors (Lipinski definition) is 0. The topological polar surface area (TPSA) is 57.2 Å². The van der Waals surface area contributed by atoms with E-state index < -0.39 is 71.2 Å².